The van der Waals surface area contributed by atoms with Crippen LogP contribution in [0.25, 0.3) is 0 Å². The largest absolute Gasteiger partial charge is 0.494 e. The van der Waals surface area contributed by atoms with E-state index in [1.807, 2.05) is 6.92 Å². The van der Waals surface area contributed by atoms with Crippen molar-refractivity contribution in [3.63, 3.8) is 0 Å². The summed E-state index contributed by atoms with van der Waals surface area (Å²) in [6, 6.07) is 22.6. The number of hydrogen-bond acceptors (Lipinski definition) is 2. The third-order valence-electron chi connectivity index (χ3n) is 5.89. The molecule has 1 aliphatic rings. The number of nitrogens with zero attached hydrogens (tertiary/aromatic N) is 2. The molecule has 0 fully saturated rings. The number of fused-ring (bicyclic) bond motifs is 1. The SMILES string of the molecule is CCOc1ccc(CN2CCCn3cccc3[C@H]2c2ccc(C(C)C)cc2)cc1. The summed E-state index contributed by atoms with van der Waals surface area (Å²) in [6.07, 6.45) is 3.39. The Kier molecular flexibility index (Phi) is 6.05. The molecule has 0 saturated heterocycles. The zero-order valence-corrected chi connectivity index (χ0v) is 17.8. The minimum absolute atomic E-state index is 0.278. The molecule has 3 nitrogen and oxygen atoms in total. The first-order valence-electron chi connectivity index (χ1n) is 10.9. The van der Waals surface area contributed by atoms with Gasteiger partial charge in [0, 0.05) is 31.5 Å². The van der Waals surface area contributed by atoms with Crippen molar-refractivity contribution in [2.24, 2.45) is 0 Å². The van der Waals surface area contributed by atoms with Crippen LogP contribution in [0, 0.1) is 0 Å². The Morgan fingerprint density at radius 3 is 2.41 bits per heavy atom. The second-order valence-corrected chi connectivity index (χ2v) is 8.25. The van der Waals surface area contributed by atoms with Crippen LogP contribution in [0.3, 0.4) is 0 Å². The number of rotatable bonds is 6. The molecule has 0 saturated carbocycles. The van der Waals surface area contributed by atoms with Crippen molar-refractivity contribution >= 4 is 0 Å². The molecular weight excluding hydrogens is 356 g/mol. The van der Waals surface area contributed by atoms with Crippen molar-refractivity contribution in [2.45, 2.75) is 52.2 Å². The lowest BCUT2D eigenvalue weighted by Crippen LogP contribution is -2.29. The van der Waals surface area contributed by atoms with Gasteiger partial charge in [-0.05, 0) is 60.2 Å². The summed E-state index contributed by atoms with van der Waals surface area (Å²) in [4.78, 5) is 2.62. The fraction of sp³-hybridized carbons (Fsp3) is 0.385. The molecule has 0 bridgehead atoms. The van der Waals surface area contributed by atoms with Crippen molar-refractivity contribution in [1.29, 1.82) is 0 Å². The smallest absolute Gasteiger partial charge is 0.119 e. The normalized spacial score (nSPS) is 17.2. The van der Waals surface area contributed by atoms with E-state index in [0.717, 1.165) is 25.4 Å². The maximum Gasteiger partial charge on any atom is 0.119 e. The number of ether oxygens (including phenoxy) is 1. The van der Waals surface area contributed by atoms with Crippen LogP contribution in [0.15, 0.2) is 66.9 Å². The Morgan fingerprint density at radius 1 is 0.966 bits per heavy atom. The van der Waals surface area contributed by atoms with E-state index in [4.69, 9.17) is 4.74 Å². The lowest BCUT2D eigenvalue weighted by molar-refractivity contribution is 0.220. The van der Waals surface area contributed by atoms with E-state index in [2.05, 4.69) is 90.2 Å². The molecule has 0 unspecified atom stereocenters. The first-order valence-corrected chi connectivity index (χ1v) is 10.9. The van der Waals surface area contributed by atoms with Gasteiger partial charge in [-0.2, -0.15) is 0 Å². The van der Waals surface area contributed by atoms with Gasteiger partial charge >= 0.3 is 0 Å². The predicted molar refractivity (Wildman–Crippen MR) is 119 cm³/mol. The number of hydrogen-bond donors (Lipinski definition) is 0. The van der Waals surface area contributed by atoms with Gasteiger partial charge in [0.05, 0.1) is 12.6 Å². The Bertz CT molecular complexity index is 909. The van der Waals surface area contributed by atoms with Crippen LogP contribution in [0.1, 0.15) is 61.5 Å². The first kappa shape index (κ1) is 19.8. The average Bonchev–Trinajstić information content (AvgIpc) is 3.11. The molecule has 0 N–H and O–H groups in total. The maximum absolute atomic E-state index is 5.61. The van der Waals surface area contributed by atoms with Gasteiger partial charge in [-0.3, -0.25) is 4.90 Å². The minimum atomic E-state index is 0.278. The second kappa shape index (κ2) is 8.87. The summed E-state index contributed by atoms with van der Waals surface area (Å²) in [5.41, 5.74) is 5.50. The van der Waals surface area contributed by atoms with Gasteiger partial charge in [0.15, 0.2) is 0 Å². The van der Waals surface area contributed by atoms with E-state index in [9.17, 15) is 0 Å². The first-order chi connectivity index (χ1) is 14.2. The lowest BCUT2D eigenvalue weighted by atomic mass is 9.96. The second-order valence-electron chi connectivity index (χ2n) is 8.25. The molecule has 3 aromatic rings. The van der Waals surface area contributed by atoms with E-state index < -0.39 is 0 Å². The van der Waals surface area contributed by atoms with Gasteiger partial charge in [-0.1, -0.05) is 50.2 Å². The summed E-state index contributed by atoms with van der Waals surface area (Å²) in [7, 11) is 0. The van der Waals surface area contributed by atoms with Gasteiger partial charge in [0.1, 0.15) is 5.75 Å². The highest BCUT2D eigenvalue weighted by molar-refractivity contribution is 5.34. The fourth-order valence-corrected chi connectivity index (χ4v) is 4.35. The van der Waals surface area contributed by atoms with E-state index in [1.165, 1.54) is 28.8 Å². The molecule has 2 aromatic carbocycles. The zero-order valence-electron chi connectivity index (χ0n) is 17.8. The van der Waals surface area contributed by atoms with Gasteiger partial charge in [-0.15, -0.1) is 0 Å². The Labute approximate surface area is 174 Å². The maximum atomic E-state index is 5.61. The molecule has 4 rings (SSSR count). The molecular formula is C26H32N2O. The van der Waals surface area contributed by atoms with Crippen LogP contribution in [-0.2, 0) is 13.1 Å². The van der Waals surface area contributed by atoms with Crippen LogP contribution in [-0.4, -0.2) is 22.6 Å². The molecule has 0 radical (unpaired) electrons. The van der Waals surface area contributed by atoms with Gasteiger partial charge in [0.2, 0.25) is 0 Å². The molecule has 152 valence electrons. The zero-order chi connectivity index (χ0) is 20.2. The summed E-state index contributed by atoms with van der Waals surface area (Å²) in [6.45, 7) is 10.3. The fourth-order valence-electron chi connectivity index (χ4n) is 4.35. The van der Waals surface area contributed by atoms with Crippen LogP contribution in [0.2, 0.25) is 0 Å². The Morgan fingerprint density at radius 2 is 1.72 bits per heavy atom. The summed E-state index contributed by atoms with van der Waals surface area (Å²) in [5.74, 6) is 1.50. The van der Waals surface area contributed by atoms with E-state index in [1.54, 1.807) is 0 Å². The quantitative estimate of drug-likeness (QED) is 0.515. The van der Waals surface area contributed by atoms with Crippen LogP contribution in [0.4, 0.5) is 0 Å². The van der Waals surface area contributed by atoms with Crippen molar-refractivity contribution in [1.82, 2.24) is 9.47 Å². The molecule has 0 spiro atoms. The van der Waals surface area contributed by atoms with Crippen LogP contribution < -0.4 is 4.74 Å². The lowest BCUT2D eigenvalue weighted by Gasteiger charge is -2.31. The molecule has 0 aliphatic carbocycles. The highest BCUT2D eigenvalue weighted by atomic mass is 16.5. The number of benzene rings is 2. The monoisotopic (exact) mass is 388 g/mol. The van der Waals surface area contributed by atoms with Gasteiger partial charge < -0.3 is 9.30 Å². The van der Waals surface area contributed by atoms with Crippen molar-refractivity contribution < 1.29 is 4.74 Å². The van der Waals surface area contributed by atoms with Crippen LogP contribution in [0.5, 0.6) is 5.75 Å². The molecule has 1 atom stereocenters. The highest BCUT2D eigenvalue weighted by Crippen LogP contribution is 2.34. The van der Waals surface area contributed by atoms with E-state index >= 15 is 0 Å². The number of aryl methyl sites for hydroxylation is 1. The molecule has 0 amide bonds. The molecule has 2 heterocycles. The summed E-state index contributed by atoms with van der Waals surface area (Å²) >= 11 is 0. The Hall–Kier alpha value is -2.52. The van der Waals surface area contributed by atoms with Gasteiger partial charge in [-0.25, -0.2) is 0 Å². The standard InChI is InChI=1S/C26H32N2O/c1-4-29-24-14-8-21(9-15-24)19-28-18-6-17-27-16-5-7-25(27)26(28)23-12-10-22(11-13-23)20(2)3/h5,7-16,20,26H,4,6,17-19H2,1-3H3/t26-/m1/s1. The van der Waals surface area contributed by atoms with Crippen molar-refractivity contribution in [3.05, 3.63) is 89.2 Å². The molecule has 1 aromatic heterocycles. The van der Waals surface area contributed by atoms with Gasteiger partial charge in [0.25, 0.3) is 0 Å². The van der Waals surface area contributed by atoms with E-state index in [-0.39, 0.29) is 6.04 Å². The summed E-state index contributed by atoms with van der Waals surface area (Å²) < 4.78 is 8.04. The van der Waals surface area contributed by atoms with Crippen molar-refractivity contribution in [3.8, 4) is 5.75 Å². The molecule has 29 heavy (non-hydrogen) atoms. The third-order valence-corrected chi connectivity index (χ3v) is 5.89. The summed E-state index contributed by atoms with van der Waals surface area (Å²) in [5, 5.41) is 0. The van der Waals surface area contributed by atoms with E-state index in [0.29, 0.717) is 12.5 Å². The third kappa shape index (κ3) is 4.40. The topological polar surface area (TPSA) is 17.4 Å². The highest BCUT2D eigenvalue weighted by Gasteiger charge is 2.27. The predicted octanol–water partition coefficient (Wildman–Crippen LogP) is 6.01. The molecule has 1 aliphatic heterocycles. The minimum Gasteiger partial charge on any atom is -0.494 e. The number of aromatic nitrogens is 1. The molecule has 3 heteroatoms. The Balaban J connectivity index is 1.65. The average molecular weight is 389 g/mol. The van der Waals surface area contributed by atoms with Crippen LogP contribution >= 0.6 is 0 Å². The van der Waals surface area contributed by atoms with Crippen molar-refractivity contribution in [2.75, 3.05) is 13.2 Å².